The van der Waals surface area contributed by atoms with Crippen molar-refractivity contribution >= 4 is 23.8 Å². The first kappa shape index (κ1) is 15.4. The van der Waals surface area contributed by atoms with Gasteiger partial charge in [-0.05, 0) is 5.56 Å². The highest BCUT2D eigenvalue weighted by molar-refractivity contribution is 7.99. The Morgan fingerprint density at radius 3 is 2.71 bits per heavy atom. The summed E-state index contributed by atoms with van der Waals surface area (Å²) in [4.78, 5) is 25.0. The van der Waals surface area contributed by atoms with E-state index in [1.54, 1.807) is 0 Å². The van der Waals surface area contributed by atoms with Gasteiger partial charge in [-0.15, -0.1) is 0 Å². The van der Waals surface area contributed by atoms with Crippen molar-refractivity contribution in [3.63, 3.8) is 0 Å². The van der Waals surface area contributed by atoms with E-state index in [1.807, 2.05) is 30.3 Å². The lowest BCUT2D eigenvalue weighted by Gasteiger charge is -2.39. The molecule has 0 aliphatic carbocycles. The molecule has 0 bridgehead atoms. The normalized spacial score (nSPS) is 21.6. The molecular weight excluding hydrogens is 290 g/mol. The highest BCUT2D eigenvalue weighted by Gasteiger charge is 2.40. The number of benzene rings is 1. The van der Waals surface area contributed by atoms with Crippen LogP contribution in [0.4, 0.5) is 4.79 Å². The molecule has 1 aromatic rings. The van der Waals surface area contributed by atoms with E-state index < -0.39 is 18.1 Å². The molecule has 2 atom stereocenters. The van der Waals surface area contributed by atoms with Crippen LogP contribution in [0.3, 0.4) is 0 Å². The third-order valence-electron chi connectivity index (χ3n) is 3.23. The molecule has 1 aliphatic rings. The minimum absolute atomic E-state index is 0.0658. The number of aliphatic carboxylic acids is 1. The molecule has 0 aromatic heterocycles. The smallest absolute Gasteiger partial charge is 0.411 e. The zero-order chi connectivity index (χ0) is 15.2. The molecule has 1 heterocycles. The fourth-order valence-electron chi connectivity index (χ4n) is 2.25. The van der Waals surface area contributed by atoms with Crippen LogP contribution in [0.25, 0.3) is 0 Å². The molecule has 0 unspecified atom stereocenters. The second-order valence-corrected chi connectivity index (χ2v) is 5.67. The summed E-state index contributed by atoms with van der Waals surface area (Å²) in [6.07, 6.45) is 0.848. The number of nitrogens with zero attached hydrogens (tertiary/aromatic N) is 1. The number of hydrogen-bond donors (Lipinski definition) is 1. The SMILES string of the molecule is C=CCOC(=O)N1[C@@H](C(=O)O)CSC[C@H]1c1ccccc1. The Labute approximate surface area is 127 Å². The van der Waals surface area contributed by atoms with E-state index in [-0.39, 0.29) is 12.6 Å². The summed E-state index contributed by atoms with van der Waals surface area (Å²) >= 11 is 1.53. The first-order chi connectivity index (χ1) is 10.1. The fourth-order valence-corrected chi connectivity index (χ4v) is 3.49. The van der Waals surface area contributed by atoms with Crippen LogP contribution in [0.2, 0.25) is 0 Å². The van der Waals surface area contributed by atoms with Gasteiger partial charge in [-0.25, -0.2) is 9.59 Å². The van der Waals surface area contributed by atoms with Crippen LogP contribution in [-0.2, 0) is 9.53 Å². The van der Waals surface area contributed by atoms with E-state index in [2.05, 4.69) is 6.58 Å². The van der Waals surface area contributed by atoms with Crippen LogP contribution in [0, 0.1) is 0 Å². The number of carboxylic acids is 1. The van der Waals surface area contributed by atoms with E-state index in [0.717, 1.165) is 5.56 Å². The van der Waals surface area contributed by atoms with Gasteiger partial charge in [-0.2, -0.15) is 11.8 Å². The number of amides is 1. The van der Waals surface area contributed by atoms with Gasteiger partial charge in [0, 0.05) is 11.5 Å². The van der Waals surface area contributed by atoms with Crippen molar-refractivity contribution in [3.05, 3.63) is 48.6 Å². The summed E-state index contributed by atoms with van der Waals surface area (Å²) in [5, 5.41) is 9.36. The van der Waals surface area contributed by atoms with Gasteiger partial charge in [0.05, 0.1) is 6.04 Å². The van der Waals surface area contributed by atoms with Crippen molar-refractivity contribution in [3.8, 4) is 0 Å². The molecular formula is C15H17NO4S. The standard InChI is InChI=1S/C15H17NO4S/c1-2-8-20-15(19)16-12(11-6-4-3-5-7-11)9-21-10-13(16)14(17)18/h2-7,12-13H,1,8-10H2,(H,17,18)/t12-,13+/m0/s1. The van der Waals surface area contributed by atoms with Crippen molar-refractivity contribution in [1.82, 2.24) is 4.90 Å². The molecule has 0 spiro atoms. The van der Waals surface area contributed by atoms with E-state index >= 15 is 0 Å². The maximum atomic E-state index is 12.2. The molecule has 1 aliphatic heterocycles. The number of carbonyl (C=O) groups excluding carboxylic acids is 1. The van der Waals surface area contributed by atoms with Gasteiger partial charge in [0.25, 0.3) is 0 Å². The number of carboxylic acid groups (broad SMARTS) is 1. The predicted molar refractivity (Wildman–Crippen MR) is 81.3 cm³/mol. The van der Waals surface area contributed by atoms with Crippen molar-refractivity contribution in [2.45, 2.75) is 12.1 Å². The zero-order valence-corrected chi connectivity index (χ0v) is 12.3. The molecule has 5 nitrogen and oxygen atoms in total. The van der Waals surface area contributed by atoms with E-state index in [1.165, 1.54) is 22.7 Å². The van der Waals surface area contributed by atoms with Crippen LogP contribution >= 0.6 is 11.8 Å². The highest BCUT2D eigenvalue weighted by atomic mass is 32.2. The largest absolute Gasteiger partial charge is 0.480 e. The molecule has 1 saturated heterocycles. The summed E-state index contributed by atoms with van der Waals surface area (Å²) in [6.45, 7) is 3.56. The van der Waals surface area contributed by atoms with Gasteiger partial charge in [-0.3, -0.25) is 4.90 Å². The zero-order valence-electron chi connectivity index (χ0n) is 11.5. The number of thioether (sulfide) groups is 1. The fraction of sp³-hybridized carbons (Fsp3) is 0.333. The Hall–Kier alpha value is -1.95. The first-order valence-electron chi connectivity index (χ1n) is 6.56. The van der Waals surface area contributed by atoms with Gasteiger partial charge in [-0.1, -0.05) is 43.0 Å². The minimum Gasteiger partial charge on any atom is -0.480 e. The van der Waals surface area contributed by atoms with Crippen LogP contribution in [0.5, 0.6) is 0 Å². The molecule has 1 amide bonds. The maximum Gasteiger partial charge on any atom is 0.411 e. The summed E-state index contributed by atoms with van der Waals surface area (Å²) < 4.78 is 5.06. The molecule has 0 saturated carbocycles. The van der Waals surface area contributed by atoms with Crippen molar-refractivity contribution in [2.24, 2.45) is 0 Å². The van der Waals surface area contributed by atoms with Crippen LogP contribution in [0.1, 0.15) is 11.6 Å². The van der Waals surface area contributed by atoms with Gasteiger partial charge < -0.3 is 9.84 Å². The highest BCUT2D eigenvalue weighted by Crippen LogP contribution is 2.33. The van der Waals surface area contributed by atoms with Gasteiger partial charge in [0.2, 0.25) is 0 Å². The minimum atomic E-state index is -1.02. The average Bonchev–Trinajstić information content (AvgIpc) is 2.52. The number of ether oxygens (including phenoxy) is 1. The number of carbonyl (C=O) groups is 2. The van der Waals surface area contributed by atoms with Gasteiger partial charge in [0.1, 0.15) is 12.6 Å². The molecule has 1 aromatic carbocycles. The molecule has 2 rings (SSSR count). The van der Waals surface area contributed by atoms with Crippen LogP contribution in [-0.4, -0.2) is 46.2 Å². The number of hydrogen-bond acceptors (Lipinski definition) is 4. The summed E-state index contributed by atoms with van der Waals surface area (Å²) in [6, 6.07) is 8.23. The molecule has 6 heteroatoms. The molecule has 1 N–H and O–H groups in total. The summed E-state index contributed by atoms with van der Waals surface area (Å²) in [7, 11) is 0. The molecule has 112 valence electrons. The lowest BCUT2D eigenvalue weighted by molar-refractivity contribution is -0.142. The van der Waals surface area contributed by atoms with Crippen molar-refractivity contribution in [2.75, 3.05) is 18.1 Å². The maximum absolute atomic E-state index is 12.2. The van der Waals surface area contributed by atoms with Crippen LogP contribution < -0.4 is 0 Å². The van der Waals surface area contributed by atoms with Crippen molar-refractivity contribution in [1.29, 1.82) is 0 Å². The Kier molecular flexibility index (Phi) is 5.27. The lowest BCUT2D eigenvalue weighted by Crippen LogP contribution is -2.52. The molecule has 0 radical (unpaired) electrons. The first-order valence-corrected chi connectivity index (χ1v) is 7.72. The second kappa shape index (κ2) is 7.17. The lowest BCUT2D eigenvalue weighted by atomic mass is 10.1. The van der Waals surface area contributed by atoms with Gasteiger partial charge >= 0.3 is 12.1 Å². The molecule has 1 fully saturated rings. The Bertz CT molecular complexity index is 520. The number of rotatable bonds is 4. The second-order valence-electron chi connectivity index (χ2n) is 4.59. The summed E-state index contributed by atoms with van der Waals surface area (Å²) in [5.74, 6) is -0.00237. The Morgan fingerprint density at radius 1 is 1.38 bits per heavy atom. The van der Waals surface area contributed by atoms with Crippen LogP contribution in [0.15, 0.2) is 43.0 Å². The molecule has 21 heavy (non-hydrogen) atoms. The van der Waals surface area contributed by atoms with Gasteiger partial charge in [0.15, 0.2) is 0 Å². The van der Waals surface area contributed by atoms with Crippen molar-refractivity contribution < 1.29 is 19.4 Å². The topological polar surface area (TPSA) is 66.8 Å². The van der Waals surface area contributed by atoms with E-state index in [9.17, 15) is 14.7 Å². The Morgan fingerprint density at radius 2 is 2.10 bits per heavy atom. The van der Waals surface area contributed by atoms with E-state index in [4.69, 9.17) is 4.74 Å². The third-order valence-corrected chi connectivity index (χ3v) is 4.33. The van der Waals surface area contributed by atoms with E-state index in [0.29, 0.717) is 11.5 Å². The monoisotopic (exact) mass is 307 g/mol. The quantitative estimate of drug-likeness (QED) is 0.866. The third kappa shape index (κ3) is 3.58. The summed E-state index contributed by atoms with van der Waals surface area (Å²) in [5.41, 5.74) is 0.909. The predicted octanol–water partition coefficient (Wildman–Crippen LogP) is 2.55. The Balaban J connectivity index is 2.29. The average molecular weight is 307 g/mol.